The predicted octanol–water partition coefficient (Wildman–Crippen LogP) is 2.90. The van der Waals surface area contributed by atoms with Crippen LogP contribution in [0.3, 0.4) is 0 Å². The lowest BCUT2D eigenvalue weighted by Gasteiger charge is -2.02. The van der Waals surface area contributed by atoms with Gasteiger partial charge in [0.25, 0.3) is 10.5 Å². The van der Waals surface area contributed by atoms with E-state index in [-0.39, 0.29) is 0 Å². The van der Waals surface area contributed by atoms with Gasteiger partial charge in [-0.25, -0.2) is 0 Å². The zero-order chi connectivity index (χ0) is 13.1. The number of pyridine rings is 2. The Morgan fingerprint density at radius 1 is 0.833 bits per heavy atom. The van der Waals surface area contributed by atoms with Crippen LogP contribution >= 0.6 is 23.2 Å². The van der Waals surface area contributed by atoms with Crippen molar-refractivity contribution >= 4 is 33.7 Å². The first-order valence-electron chi connectivity index (χ1n) is 4.90. The van der Waals surface area contributed by atoms with E-state index in [2.05, 4.69) is 9.97 Å². The Morgan fingerprint density at radius 2 is 1.22 bits per heavy atom. The van der Waals surface area contributed by atoms with Crippen molar-refractivity contribution in [2.75, 3.05) is 0 Å². The second-order valence-electron chi connectivity index (χ2n) is 3.41. The Morgan fingerprint density at radius 3 is 1.56 bits per heavy atom. The summed E-state index contributed by atoms with van der Waals surface area (Å²) in [7, 11) is 0. The van der Waals surface area contributed by atoms with Crippen molar-refractivity contribution in [3.05, 3.63) is 47.8 Å². The van der Waals surface area contributed by atoms with Crippen LogP contribution < -0.4 is 0 Å². The minimum atomic E-state index is -0.580. The Kier molecular flexibility index (Phi) is 3.69. The molecule has 0 saturated heterocycles. The van der Waals surface area contributed by atoms with E-state index < -0.39 is 10.5 Å². The number of hydrogen-bond acceptors (Lipinski definition) is 4. The normalized spacial score (nSPS) is 10.1. The van der Waals surface area contributed by atoms with Crippen LogP contribution in [0.5, 0.6) is 0 Å². The molecule has 0 atom stereocenters. The highest BCUT2D eigenvalue weighted by molar-refractivity contribution is 6.68. The average molecular weight is 281 g/mol. The van der Waals surface area contributed by atoms with E-state index in [4.69, 9.17) is 23.2 Å². The number of hydrogen-bond donors (Lipinski definition) is 0. The molecule has 0 amide bonds. The largest absolute Gasteiger partial charge is 0.276 e. The molecular weight excluding hydrogens is 275 g/mol. The van der Waals surface area contributed by atoms with Gasteiger partial charge in [-0.2, -0.15) is 0 Å². The highest BCUT2D eigenvalue weighted by Crippen LogP contribution is 2.18. The van der Waals surface area contributed by atoms with Gasteiger partial charge in [0.2, 0.25) is 0 Å². The minimum Gasteiger partial charge on any atom is -0.276 e. The van der Waals surface area contributed by atoms with Crippen LogP contribution in [0.4, 0.5) is 0 Å². The molecule has 2 rings (SSSR count). The highest BCUT2D eigenvalue weighted by atomic mass is 35.5. The molecule has 0 fully saturated rings. The molecule has 0 aliphatic carbocycles. The summed E-state index contributed by atoms with van der Waals surface area (Å²) in [6, 6.07) is 5.99. The van der Waals surface area contributed by atoms with Crippen LogP contribution in [0.25, 0.3) is 11.4 Å². The summed E-state index contributed by atoms with van der Waals surface area (Å²) in [5.41, 5.74) is 1.51. The standard InChI is InChI=1S/C12H6Cl2N2O2/c13-11(17)7-1-3-15-9(5-7)10-6-8(12(14)18)2-4-16-10/h1-6H. The monoisotopic (exact) mass is 280 g/mol. The molecule has 4 nitrogen and oxygen atoms in total. The van der Waals surface area contributed by atoms with Crippen molar-refractivity contribution in [3.8, 4) is 11.4 Å². The molecule has 2 heterocycles. The van der Waals surface area contributed by atoms with E-state index in [0.29, 0.717) is 22.5 Å². The van der Waals surface area contributed by atoms with Crippen LogP contribution in [0.15, 0.2) is 36.7 Å². The molecule has 90 valence electrons. The molecule has 2 aromatic rings. The van der Waals surface area contributed by atoms with Crippen molar-refractivity contribution < 1.29 is 9.59 Å². The maximum absolute atomic E-state index is 11.0. The van der Waals surface area contributed by atoms with E-state index in [9.17, 15) is 9.59 Å². The molecule has 0 N–H and O–H groups in total. The lowest BCUT2D eigenvalue weighted by molar-refractivity contribution is 0.107. The number of halogens is 2. The van der Waals surface area contributed by atoms with Gasteiger partial charge >= 0.3 is 0 Å². The second-order valence-corrected chi connectivity index (χ2v) is 4.09. The number of carbonyl (C=O) groups excluding carboxylic acids is 2. The fraction of sp³-hybridized carbons (Fsp3) is 0. The number of aromatic nitrogens is 2. The van der Waals surface area contributed by atoms with Crippen LogP contribution in [0, 0.1) is 0 Å². The maximum atomic E-state index is 11.0. The van der Waals surface area contributed by atoms with Crippen molar-refractivity contribution in [1.29, 1.82) is 0 Å². The highest BCUT2D eigenvalue weighted by Gasteiger charge is 2.09. The van der Waals surface area contributed by atoms with E-state index >= 15 is 0 Å². The van der Waals surface area contributed by atoms with E-state index in [1.54, 1.807) is 0 Å². The fourth-order valence-corrected chi connectivity index (χ4v) is 1.62. The number of nitrogens with zero attached hydrogens (tertiary/aromatic N) is 2. The van der Waals surface area contributed by atoms with Crippen LogP contribution in [0.2, 0.25) is 0 Å². The first-order valence-corrected chi connectivity index (χ1v) is 5.65. The van der Waals surface area contributed by atoms with Gasteiger partial charge in [0, 0.05) is 23.5 Å². The predicted molar refractivity (Wildman–Crippen MR) is 67.8 cm³/mol. The summed E-state index contributed by atoms with van der Waals surface area (Å²) in [5, 5.41) is -1.16. The Bertz CT molecular complexity index is 573. The van der Waals surface area contributed by atoms with Crippen molar-refractivity contribution in [2.45, 2.75) is 0 Å². The summed E-state index contributed by atoms with van der Waals surface area (Å²) in [4.78, 5) is 30.2. The molecule has 0 bridgehead atoms. The molecule has 0 aromatic carbocycles. The molecule has 0 spiro atoms. The summed E-state index contributed by atoms with van der Waals surface area (Å²) < 4.78 is 0. The van der Waals surface area contributed by atoms with Crippen LogP contribution in [-0.2, 0) is 0 Å². The molecule has 0 saturated carbocycles. The zero-order valence-electron chi connectivity index (χ0n) is 8.93. The van der Waals surface area contributed by atoms with Gasteiger partial charge in [-0.15, -0.1) is 0 Å². The second kappa shape index (κ2) is 5.25. The summed E-state index contributed by atoms with van der Waals surface area (Å²) in [5.74, 6) is 0. The van der Waals surface area contributed by atoms with Gasteiger partial charge in [-0.3, -0.25) is 19.6 Å². The van der Waals surface area contributed by atoms with Gasteiger partial charge in [-0.05, 0) is 47.5 Å². The van der Waals surface area contributed by atoms with E-state index in [1.807, 2.05) is 0 Å². The Labute approximate surface area is 113 Å². The molecule has 0 unspecified atom stereocenters. The lowest BCUT2D eigenvalue weighted by Crippen LogP contribution is -1.95. The van der Waals surface area contributed by atoms with Crippen molar-refractivity contribution in [3.63, 3.8) is 0 Å². The van der Waals surface area contributed by atoms with Crippen molar-refractivity contribution in [2.24, 2.45) is 0 Å². The van der Waals surface area contributed by atoms with Gasteiger partial charge in [-0.1, -0.05) is 0 Å². The maximum Gasteiger partial charge on any atom is 0.252 e. The molecule has 0 aliphatic heterocycles. The third-order valence-corrected chi connectivity index (χ3v) is 2.67. The Balaban J connectivity index is 2.48. The average Bonchev–Trinajstić information content (AvgIpc) is 2.39. The summed E-state index contributed by atoms with van der Waals surface area (Å²) in [6.45, 7) is 0. The zero-order valence-corrected chi connectivity index (χ0v) is 10.4. The third kappa shape index (κ3) is 2.72. The third-order valence-electron chi connectivity index (χ3n) is 2.24. The molecule has 0 radical (unpaired) electrons. The first kappa shape index (κ1) is 12.7. The quantitative estimate of drug-likeness (QED) is 0.811. The minimum absolute atomic E-state index is 0.311. The van der Waals surface area contributed by atoms with Crippen LogP contribution in [-0.4, -0.2) is 20.5 Å². The smallest absolute Gasteiger partial charge is 0.252 e. The van der Waals surface area contributed by atoms with E-state index in [1.165, 1.54) is 36.7 Å². The lowest BCUT2D eigenvalue weighted by atomic mass is 10.1. The van der Waals surface area contributed by atoms with Gasteiger partial charge in [0.05, 0.1) is 11.4 Å². The summed E-state index contributed by atoms with van der Waals surface area (Å²) in [6.07, 6.45) is 2.89. The molecule has 0 aliphatic rings. The first-order chi connectivity index (χ1) is 8.58. The molecule has 6 heteroatoms. The van der Waals surface area contributed by atoms with Gasteiger partial charge in [0.1, 0.15) is 0 Å². The van der Waals surface area contributed by atoms with Crippen molar-refractivity contribution in [1.82, 2.24) is 9.97 Å². The van der Waals surface area contributed by atoms with Gasteiger partial charge < -0.3 is 0 Å². The SMILES string of the molecule is O=C(Cl)c1ccnc(-c2cc(C(=O)Cl)ccn2)c1. The number of carbonyl (C=O) groups is 2. The summed E-state index contributed by atoms with van der Waals surface area (Å²) >= 11 is 10.8. The molecule has 2 aromatic heterocycles. The topological polar surface area (TPSA) is 59.9 Å². The van der Waals surface area contributed by atoms with Gasteiger partial charge in [0.15, 0.2) is 0 Å². The number of rotatable bonds is 3. The molecule has 18 heavy (non-hydrogen) atoms. The van der Waals surface area contributed by atoms with E-state index in [0.717, 1.165) is 0 Å². The Hall–Kier alpha value is -1.78. The molecular formula is C12H6Cl2N2O2. The fourth-order valence-electron chi connectivity index (χ4n) is 1.39. The van der Waals surface area contributed by atoms with Crippen LogP contribution in [0.1, 0.15) is 20.7 Å².